The van der Waals surface area contributed by atoms with E-state index in [1.165, 1.54) is 0 Å². The molecular formula is C12H16O4. The second-order valence-corrected chi connectivity index (χ2v) is 4.79. The Bertz CT molecular complexity index is 367. The SMILES string of the molecule is CC(C)OC(=O)C1=C(C(=O)O)C2CCC1C2. The average molecular weight is 224 g/mol. The molecule has 88 valence electrons. The number of carboxylic acids is 1. The van der Waals surface area contributed by atoms with Crippen molar-refractivity contribution in [2.24, 2.45) is 11.8 Å². The highest BCUT2D eigenvalue weighted by molar-refractivity contribution is 6.01. The molecule has 0 heterocycles. The minimum Gasteiger partial charge on any atom is -0.478 e. The number of carboxylic acid groups (broad SMARTS) is 1. The molecule has 0 amide bonds. The highest BCUT2D eigenvalue weighted by Crippen LogP contribution is 2.48. The van der Waals surface area contributed by atoms with Crippen LogP contribution in [-0.4, -0.2) is 23.1 Å². The molecule has 0 aromatic rings. The van der Waals surface area contributed by atoms with Crippen LogP contribution < -0.4 is 0 Å². The largest absolute Gasteiger partial charge is 0.478 e. The monoisotopic (exact) mass is 224 g/mol. The summed E-state index contributed by atoms with van der Waals surface area (Å²) in [5.74, 6) is -1.21. The molecule has 4 nitrogen and oxygen atoms in total. The molecule has 4 heteroatoms. The maximum atomic E-state index is 11.8. The van der Waals surface area contributed by atoms with Crippen LogP contribution in [0, 0.1) is 11.8 Å². The van der Waals surface area contributed by atoms with E-state index in [0.29, 0.717) is 11.1 Å². The highest BCUT2D eigenvalue weighted by Gasteiger charge is 2.45. The predicted octanol–water partition coefficient (Wildman–Crippen LogP) is 1.75. The molecule has 2 aliphatic carbocycles. The summed E-state index contributed by atoms with van der Waals surface area (Å²) >= 11 is 0. The molecule has 2 aliphatic rings. The lowest BCUT2D eigenvalue weighted by molar-refractivity contribution is -0.144. The van der Waals surface area contributed by atoms with Gasteiger partial charge in [0.2, 0.25) is 0 Å². The Morgan fingerprint density at radius 2 is 1.81 bits per heavy atom. The molecule has 2 atom stereocenters. The summed E-state index contributed by atoms with van der Waals surface area (Å²) in [5, 5.41) is 9.12. The van der Waals surface area contributed by atoms with Crippen molar-refractivity contribution in [2.75, 3.05) is 0 Å². The number of aliphatic carboxylic acids is 1. The van der Waals surface area contributed by atoms with Gasteiger partial charge in [-0.3, -0.25) is 0 Å². The zero-order valence-electron chi connectivity index (χ0n) is 9.53. The molecule has 0 saturated heterocycles. The van der Waals surface area contributed by atoms with E-state index in [9.17, 15) is 9.59 Å². The number of ether oxygens (including phenoxy) is 1. The number of carbonyl (C=O) groups excluding carboxylic acids is 1. The predicted molar refractivity (Wildman–Crippen MR) is 56.7 cm³/mol. The van der Waals surface area contributed by atoms with Gasteiger partial charge in [0.15, 0.2) is 0 Å². The van der Waals surface area contributed by atoms with Crippen LogP contribution in [-0.2, 0) is 14.3 Å². The Kier molecular flexibility index (Phi) is 2.74. The van der Waals surface area contributed by atoms with Gasteiger partial charge < -0.3 is 9.84 Å². The maximum Gasteiger partial charge on any atom is 0.335 e. The van der Waals surface area contributed by atoms with Crippen molar-refractivity contribution in [3.05, 3.63) is 11.1 Å². The first-order valence-electron chi connectivity index (χ1n) is 5.69. The first kappa shape index (κ1) is 11.2. The van der Waals surface area contributed by atoms with Gasteiger partial charge in [-0.05, 0) is 44.9 Å². The van der Waals surface area contributed by atoms with Crippen molar-refractivity contribution in [1.29, 1.82) is 0 Å². The summed E-state index contributed by atoms with van der Waals surface area (Å²) in [6.45, 7) is 3.54. The molecular weight excluding hydrogens is 208 g/mol. The first-order valence-corrected chi connectivity index (χ1v) is 5.69. The van der Waals surface area contributed by atoms with Gasteiger partial charge in [-0.1, -0.05) is 0 Å². The van der Waals surface area contributed by atoms with Gasteiger partial charge in [-0.25, -0.2) is 9.59 Å². The minimum absolute atomic E-state index is 0.0669. The van der Waals surface area contributed by atoms with Gasteiger partial charge in [-0.15, -0.1) is 0 Å². The summed E-state index contributed by atoms with van der Waals surface area (Å²) < 4.78 is 5.11. The molecule has 0 aliphatic heterocycles. The van der Waals surface area contributed by atoms with Crippen molar-refractivity contribution >= 4 is 11.9 Å². The van der Waals surface area contributed by atoms with E-state index in [0.717, 1.165) is 19.3 Å². The van der Waals surface area contributed by atoms with E-state index in [-0.39, 0.29) is 17.9 Å². The van der Waals surface area contributed by atoms with Gasteiger partial charge >= 0.3 is 11.9 Å². The molecule has 0 spiro atoms. The number of esters is 1. The molecule has 2 unspecified atom stereocenters. The van der Waals surface area contributed by atoms with Gasteiger partial charge in [-0.2, -0.15) is 0 Å². The Hall–Kier alpha value is -1.32. The molecule has 2 rings (SSSR count). The molecule has 1 saturated carbocycles. The number of carbonyl (C=O) groups is 2. The van der Waals surface area contributed by atoms with E-state index in [1.807, 2.05) is 0 Å². The Labute approximate surface area is 94.3 Å². The lowest BCUT2D eigenvalue weighted by Crippen LogP contribution is -2.21. The van der Waals surface area contributed by atoms with Gasteiger partial charge in [0.05, 0.1) is 17.3 Å². The quantitative estimate of drug-likeness (QED) is 0.742. The lowest BCUT2D eigenvalue weighted by atomic mass is 9.92. The zero-order chi connectivity index (χ0) is 11.9. The van der Waals surface area contributed by atoms with E-state index in [1.54, 1.807) is 13.8 Å². The lowest BCUT2D eigenvalue weighted by Gasteiger charge is -2.17. The molecule has 0 aromatic carbocycles. The Morgan fingerprint density at radius 3 is 2.31 bits per heavy atom. The normalized spacial score (nSPS) is 27.7. The average Bonchev–Trinajstić information content (AvgIpc) is 2.74. The fourth-order valence-corrected chi connectivity index (χ4v) is 2.79. The van der Waals surface area contributed by atoms with Crippen molar-refractivity contribution in [3.63, 3.8) is 0 Å². The number of hydrogen-bond donors (Lipinski definition) is 1. The molecule has 1 N–H and O–H groups in total. The topological polar surface area (TPSA) is 63.6 Å². The smallest absolute Gasteiger partial charge is 0.335 e. The van der Waals surface area contributed by atoms with Crippen LogP contribution in [0.1, 0.15) is 33.1 Å². The third-order valence-electron chi connectivity index (χ3n) is 3.33. The van der Waals surface area contributed by atoms with Crippen LogP contribution in [0.5, 0.6) is 0 Å². The summed E-state index contributed by atoms with van der Waals surface area (Å²) in [6.07, 6.45) is 2.42. The third-order valence-corrected chi connectivity index (χ3v) is 3.33. The highest BCUT2D eigenvalue weighted by atomic mass is 16.5. The van der Waals surface area contributed by atoms with Gasteiger partial charge in [0, 0.05) is 0 Å². The van der Waals surface area contributed by atoms with Crippen LogP contribution in [0.3, 0.4) is 0 Å². The van der Waals surface area contributed by atoms with Crippen LogP contribution in [0.15, 0.2) is 11.1 Å². The van der Waals surface area contributed by atoms with Gasteiger partial charge in [0.25, 0.3) is 0 Å². The minimum atomic E-state index is -0.956. The second kappa shape index (κ2) is 3.92. The van der Waals surface area contributed by atoms with Crippen LogP contribution >= 0.6 is 0 Å². The first-order chi connectivity index (χ1) is 7.50. The summed E-state index contributed by atoms with van der Waals surface area (Å²) in [7, 11) is 0. The van der Waals surface area contributed by atoms with Gasteiger partial charge in [0.1, 0.15) is 0 Å². The van der Waals surface area contributed by atoms with Crippen molar-refractivity contribution in [3.8, 4) is 0 Å². The maximum absolute atomic E-state index is 11.8. The Morgan fingerprint density at radius 1 is 1.25 bits per heavy atom. The standard InChI is InChI=1S/C12H16O4/c1-6(2)16-12(15)10-8-4-3-7(5-8)9(10)11(13)14/h6-8H,3-5H2,1-2H3,(H,13,14). The zero-order valence-corrected chi connectivity index (χ0v) is 9.53. The molecule has 0 radical (unpaired) electrons. The van der Waals surface area contributed by atoms with Crippen molar-refractivity contribution in [2.45, 2.75) is 39.2 Å². The molecule has 16 heavy (non-hydrogen) atoms. The van der Waals surface area contributed by atoms with Crippen molar-refractivity contribution < 1.29 is 19.4 Å². The Balaban J connectivity index is 2.29. The van der Waals surface area contributed by atoms with E-state index < -0.39 is 11.9 Å². The molecule has 1 fully saturated rings. The number of rotatable bonds is 3. The molecule has 0 aromatic heterocycles. The van der Waals surface area contributed by atoms with E-state index in [4.69, 9.17) is 9.84 Å². The molecule has 2 bridgehead atoms. The third kappa shape index (κ3) is 1.72. The van der Waals surface area contributed by atoms with E-state index >= 15 is 0 Å². The number of fused-ring (bicyclic) bond motifs is 2. The van der Waals surface area contributed by atoms with E-state index in [2.05, 4.69) is 0 Å². The fourth-order valence-electron chi connectivity index (χ4n) is 2.79. The number of hydrogen-bond acceptors (Lipinski definition) is 3. The summed E-state index contributed by atoms with van der Waals surface area (Å²) in [5.41, 5.74) is 0.736. The van der Waals surface area contributed by atoms with Crippen LogP contribution in [0.4, 0.5) is 0 Å². The van der Waals surface area contributed by atoms with Crippen LogP contribution in [0.25, 0.3) is 0 Å². The summed E-state index contributed by atoms with van der Waals surface area (Å²) in [6, 6.07) is 0. The summed E-state index contributed by atoms with van der Waals surface area (Å²) in [4.78, 5) is 22.9. The van der Waals surface area contributed by atoms with Crippen molar-refractivity contribution in [1.82, 2.24) is 0 Å². The fraction of sp³-hybridized carbons (Fsp3) is 0.667. The second-order valence-electron chi connectivity index (χ2n) is 4.79. The van der Waals surface area contributed by atoms with Crippen LogP contribution in [0.2, 0.25) is 0 Å².